The van der Waals surface area contributed by atoms with Crippen molar-refractivity contribution in [1.29, 1.82) is 0 Å². The third-order valence-corrected chi connectivity index (χ3v) is 3.11. The average Bonchev–Trinajstić information content (AvgIpc) is 2.32. The van der Waals surface area contributed by atoms with E-state index in [0.717, 1.165) is 25.9 Å². The van der Waals surface area contributed by atoms with E-state index in [-0.39, 0.29) is 6.10 Å². The highest BCUT2D eigenvalue weighted by molar-refractivity contribution is 5.95. The smallest absolute Gasteiger partial charge is 0.252 e. The second-order valence-corrected chi connectivity index (χ2v) is 4.48. The van der Waals surface area contributed by atoms with Gasteiger partial charge in [0, 0.05) is 13.1 Å². The first-order valence-electron chi connectivity index (χ1n) is 5.91. The Morgan fingerprint density at radius 1 is 1.35 bits per heavy atom. The minimum Gasteiger partial charge on any atom is -0.489 e. The van der Waals surface area contributed by atoms with Crippen LogP contribution in [0.3, 0.4) is 0 Å². The van der Waals surface area contributed by atoms with Gasteiger partial charge in [-0.15, -0.1) is 0 Å². The number of nitrogens with zero attached hydrogens (tertiary/aromatic N) is 1. The minimum atomic E-state index is -0.437. The van der Waals surface area contributed by atoms with Gasteiger partial charge in [0.25, 0.3) is 5.91 Å². The predicted octanol–water partition coefficient (Wildman–Crippen LogP) is 1.26. The number of ether oxygens (including phenoxy) is 1. The Balaban J connectivity index is 2.05. The van der Waals surface area contributed by atoms with Crippen LogP contribution in [0.4, 0.5) is 0 Å². The maximum Gasteiger partial charge on any atom is 0.252 e. The molecule has 1 aliphatic rings. The third kappa shape index (κ3) is 2.97. The van der Waals surface area contributed by atoms with Crippen LogP contribution in [0.1, 0.15) is 23.2 Å². The fourth-order valence-corrected chi connectivity index (χ4v) is 2.06. The molecule has 0 atom stereocenters. The highest BCUT2D eigenvalue weighted by Crippen LogP contribution is 2.22. The standard InChI is InChI=1S/C13H18N2O2/c1-15-8-6-10(7-9-15)17-12-5-3-2-4-11(12)13(14)16/h2-5,10H,6-9H2,1H3,(H2,14,16). The molecule has 1 heterocycles. The van der Waals surface area contributed by atoms with Crippen LogP contribution in [0.15, 0.2) is 24.3 Å². The number of hydrogen-bond donors (Lipinski definition) is 1. The van der Waals surface area contributed by atoms with Gasteiger partial charge in [0.05, 0.1) is 5.56 Å². The number of para-hydroxylation sites is 1. The molecule has 92 valence electrons. The van der Waals surface area contributed by atoms with Crippen molar-refractivity contribution >= 4 is 5.91 Å². The molecule has 0 spiro atoms. The van der Waals surface area contributed by atoms with Crippen molar-refractivity contribution < 1.29 is 9.53 Å². The van der Waals surface area contributed by atoms with Gasteiger partial charge in [-0.05, 0) is 32.0 Å². The molecule has 1 aromatic rings. The van der Waals surface area contributed by atoms with Gasteiger partial charge in [-0.25, -0.2) is 0 Å². The number of hydrogen-bond acceptors (Lipinski definition) is 3. The number of rotatable bonds is 3. The molecular weight excluding hydrogens is 216 g/mol. The lowest BCUT2D eigenvalue weighted by Gasteiger charge is -2.29. The molecule has 17 heavy (non-hydrogen) atoms. The third-order valence-electron chi connectivity index (χ3n) is 3.11. The Labute approximate surface area is 101 Å². The number of amides is 1. The summed E-state index contributed by atoms with van der Waals surface area (Å²) in [7, 11) is 2.10. The zero-order valence-electron chi connectivity index (χ0n) is 10.1. The monoisotopic (exact) mass is 234 g/mol. The molecule has 1 fully saturated rings. The Hall–Kier alpha value is -1.55. The quantitative estimate of drug-likeness (QED) is 0.856. The number of carbonyl (C=O) groups is 1. The molecule has 0 aromatic heterocycles. The van der Waals surface area contributed by atoms with Crippen LogP contribution in [0.25, 0.3) is 0 Å². The summed E-state index contributed by atoms with van der Waals surface area (Å²) in [5.41, 5.74) is 5.78. The summed E-state index contributed by atoms with van der Waals surface area (Å²) in [6, 6.07) is 7.16. The van der Waals surface area contributed by atoms with Crippen LogP contribution in [0.5, 0.6) is 5.75 Å². The summed E-state index contributed by atoms with van der Waals surface area (Å²) >= 11 is 0. The Morgan fingerprint density at radius 2 is 2.00 bits per heavy atom. The maximum atomic E-state index is 11.2. The van der Waals surface area contributed by atoms with Gasteiger partial charge in [-0.1, -0.05) is 12.1 Å². The molecule has 0 aliphatic carbocycles. The van der Waals surface area contributed by atoms with Crippen LogP contribution in [-0.2, 0) is 0 Å². The van der Waals surface area contributed by atoms with E-state index in [4.69, 9.17) is 10.5 Å². The van der Waals surface area contributed by atoms with Crippen molar-refractivity contribution in [3.63, 3.8) is 0 Å². The molecule has 0 unspecified atom stereocenters. The summed E-state index contributed by atoms with van der Waals surface area (Å²) < 4.78 is 5.87. The topological polar surface area (TPSA) is 55.6 Å². The first kappa shape index (κ1) is 11.9. The molecule has 0 bridgehead atoms. The molecule has 1 amide bonds. The number of piperidine rings is 1. The largest absolute Gasteiger partial charge is 0.489 e. The summed E-state index contributed by atoms with van der Waals surface area (Å²) in [6.45, 7) is 2.06. The zero-order chi connectivity index (χ0) is 12.3. The van der Waals surface area contributed by atoms with Gasteiger partial charge < -0.3 is 15.4 Å². The van der Waals surface area contributed by atoms with Crippen LogP contribution in [-0.4, -0.2) is 37.0 Å². The number of primary amides is 1. The molecule has 2 N–H and O–H groups in total. The maximum absolute atomic E-state index is 11.2. The van der Waals surface area contributed by atoms with Crippen molar-refractivity contribution in [1.82, 2.24) is 4.90 Å². The predicted molar refractivity (Wildman–Crippen MR) is 66.1 cm³/mol. The molecule has 1 aliphatic heterocycles. The number of carbonyl (C=O) groups excluding carboxylic acids is 1. The Kier molecular flexibility index (Phi) is 3.64. The number of benzene rings is 1. The van der Waals surface area contributed by atoms with Gasteiger partial charge in [0.2, 0.25) is 0 Å². The zero-order valence-corrected chi connectivity index (χ0v) is 10.1. The van der Waals surface area contributed by atoms with E-state index in [2.05, 4.69) is 11.9 Å². The molecule has 0 saturated carbocycles. The van der Waals surface area contributed by atoms with E-state index in [0.29, 0.717) is 11.3 Å². The summed E-state index contributed by atoms with van der Waals surface area (Å²) in [5.74, 6) is 0.170. The SMILES string of the molecule is CN1CCC(Oc2ccccc2C(N)=O)CC1. The molecule has 2 rings (SSSR count). The van der Waals surface area contributed by atoms with Crippen molar-refractivity contribution in [3.8, 4) is 5.75 Å². The molecule has 4 nitrogen and oxygen atoms in total. The van der Waals surface area contributed by atoms with Gasteiger partial charge in [0.15, 0.2) is 0 Å². The molecule has 4 heteroatoms. The Bertz CT molecular complexity index is 398. The van der Waals surface area contributed by atoms with E-state index >= 15 is 0 Å². The fourth-order valence-electron chi connectivity index (χ4n) is 2.06. The van der Waals surface area contributed by atoms with Crippen LogP contribution < -0.4 is 10.5 Å². The summed E-state index contributed by atoms with van der Waals surface area (Å²) in [6.07, 6.45) is 2.17. The fraction of sp³-hybridized carbons (Fsp3) is 0.462. The van der Waals surface area contributed by atoms with E-state index < -0.39 is 5.91 Å². The first-order valence-corrected chi connectivity index (χ1v) is 5.91. The van der Waals surface area contributed by atoms with Crippen LogP contribution >= 0.6 is 0 Å². The average molecular weight is 234 g/mol. The van der Waals surface area contributed by atoms with Gasteiger partial charge in [-0.2, -0.15) is 0 Å². The lowest BCUT2D eigenvalue weighted by atomic mass is 10.1. The van der Waals surface area contributed by atoms with E-state index in [9.17, 15) is 4.79 Å². The summed E-state index contributed by atoms with van der Waals surface area (Å²) in [5, 5.41) is 0. The highest BCUT2D eigenvalue weighted by atomic mass is 16.5. The highest BCUT2D eigenvalue weighted by Gasteiger charge is 2.19. The molecule has 1 aromatic carbocycles. The van der Waals surface area contributed by atoms with E-state index in [1.54, 1.807) is 18.2 Å². The van der Waals surface area contributed by atoms with Crippen LogP contribution in [0.2, 0.25) is 0 Å². The van der Waals surface area contributed by atoms with Crippen LogP contribution in [0, 0.1) is 0 Å². The van der Waals surface area contributed by atoms with Crippen molar-refractivity contribution in [2.45, 2.75) is 18.9 Å². The molecule has 1 saturated heterocycles. The minimum absolute atomic E-state index is 0.187. The lowest BCUT2D eigenvalue weighted by Crippen LogP contribution is -2.36. The lowest BCUT2D eigenvalue weighted by molar-refractivity contribution is 0.0970. The second-order valence-electron chi connectivity index (χ2n) is 4.48. The van der Waals surface area contributed by atoms with Gasteiger partial charge in [0.1, 0.15) is 11.9 Å². The number of likely N-dealkylation sites (tertiary alicyclic amines) is 1. The van der Waals surface area contributed by atoms with Crippen molar-refractivity contribution in [2.75, 3.05) is 20.1 Å². The number of nitrogens with two attached hydrogens (primary N) is 1. The van der Waals surface area contributed by atoms with E-state index in [1.165, 1.54) is 0 Å². The van der Waals surface area contributed by atoms with Crippen molar-refractivity contribution in [3.05, 3.63) is 29.8 Å². The second kappa shape index (κ2) is 5.19. The normalized spacial score (nSPS) is 17.9. The first-order chi connectivity index (χ1) is 8.16. The Morgan fingerprint density at radius 3 is 2.65 bits per heavy atom. The van der Waals surface area contributed by atoms with Crippen molar-refractivity contribution in [2.24, 2.45) is 5.73 Å². The van der Waals surface area contributed by atoms with Gasteiger partial charge >= 0.3 is 0 Å². The van der Waals surface area contributed by atoms with E-state index in [1.807, 2.05) is 6.07 Å². The van der Waals surface area contributed by atoms with Gasteiger partial charge in [-0.3, -0.25) is 4.79 Å². The molecule has 0 radical (unpaired) electrons. The molecular formula is C13H18N2O2. The summed E-state index contributed by atoms with van der Waals surface area (Å²) in [4.78, 5) is 13.5.